The first-order chi connectivity index (χ1) is 7.83. The minimum atomic E-state index is 0.460. The third kappa shape index (κ3) is 1.56. The third-order valence-electron chi connectivity index (χ3n) is 2.93. The molecule has 0 aromatic heterocycles. The van der Waals surface area contributed by atoms with Gasteiger partial charge < -0.3 is 5.32 Å². The van der Waals surface area contributed by atoms with Crippen LogP contribution in [0.1, 0.15) is 12.5 Å². The highest BCUT2D eigenvalue weighted by molar-refractivity contribution is 6.03. The van der Waals surface area contributed by atoms with Crippen LogP contribution in [0, 0.1) is 0 Å². The van der Waals surface area contributed by atoms with Crippen LogP contribution in [-0.4, -0.2) is 18.4 Å². The van der Waals surface area contributed by atoms with Gasteiger partial charge in [0, 0.05) is 11.6 Å². The van der Waals surface area contributed by atoms with Gasteiger partial charge in [0.05, 0.1) is 6.54 Å². The summed E-state index contributed by atoms with van der Waals surface area (Å²) >= 11 is 0. The van der Waals surface area contributed by atoms with Gasteiger partial charge in [0.15, 0.2) is 0 Å². The molecule has 0 spiro atoms. The monoisotopic (exact) mass is 210 g/mol. The summed E-state index contributed by atoms with van der Waals surface area (Å²) < 4.78 is 0. The van der Waals surface area contributed by atoms with E-state index in [1.54, 1.807) is 0 Å². The summed E-state index contributed by atoms with van der Waals surface area (Å²) in [7, 11) is 0. The molecule has 0 aliphatic carbocycles. The molecule has 2 nitrogen and oxygen atoms in total. The molecular weight excluding hydrogens is 196 g/mol. The summed E-state index contributed by atoms with van der Waals surface area (Å²) in [6, 6.07) is 15.3. The third-order valence-corrected chi connectivity index (χ3v) is 2.93. The molecule has 3 rings (SSSR count). The van der Waals surface area contributed by atoms with Gasteiger partial charge in [-0.3, -0.25) is 4.99 Å². The topological polar surface area (TPSA) is 24.4 Å². The lowest BCUT2D eigenvalue weighted by Crippen LogP contribution is -2.27. The first-order valence-electron chi connectivity index (χ1n) is 5.63. The van der Waals surface area contributed by atoms with E-state index >= 15 is 0 Å². The van der Waals surface area contributed by atoms with Gasteiger partial charge in [-0.1, -0.05) is 36.4 Å². The maximum atomic E-state index is 4.50. The number of aliphatic imine (C=N–C) groups is 1. The van der Waals surface area contributed by atoms with Crippen LogP contribution in [0.4, 0.5) is 0 Å². The summed E-state index contributed by atoms with van der Waals surface area (Å²) in [5.41, 5.74) is 1.18. The van der Waals surface area contributed by atoms with Crippen LogP contribution in [0.15, 0.2) is 47.5 Å². The van der Waals surface area contributed by atoms with Gasteiger partial charge in [0.1, 0.15) is 5.84 Å². The van der Waals surface area contributed by atoms with Crippen LogP contribution in [0.5, 0.6) is 0 Å². The fourth-order valence-corrected chi connectivity index (χ4v) is 2.06. The van der Waals surface area contributed by atoms with Crippen LogP contribution in [-0.2, 0) is 0 Å². The van der Waals surface area contributed by atoms with E-state index in [2.05, 4.69) is 59.7 Å². The van der Waals surface area contributed by atoms with Crippen molar-refractivity contribution in [2.45, 2.75) is 13.0 Å². The Morgan fingerprint density at radius 1 is 1.12 bits per heavy atom. The average molecular weight is 210 g/mol. The second kappa shape index (κ2) is 3.63. The van der Waals surface area contributed by atoms with E-state index in [9.17, 15) is 0 Å². The van der Waals surface area contributed by atoms with Crippen molar-refractivity contribution in [2.24, 2.45) is 4.99 Å². The summed E-state index contributed by atoms with van der Waals surface area (Å²) in [5.74, 6) is 1.03. The predicted octanol–water partition coefficient (Wildman–Crippen LogP) is 2.58. The molecular formula is C14H14N2. The quantitative estimate of drug-likeness (QED) is 0.768. The normalized spacial score (nSPS) is 19.6. The number of fused-ring (bicyclic) bond motifs is 1. The lowest BCUT2D eigenvalue weighted by molar-refractivity contribution is 0.726. The molecule has 1 aliphatic rings. The van der Waals surface area contributed by atoms with Gasteiger partial charge in [-0.2, -0.15) is 0 Å². The largest absolute Gasteiger partial charge is 0.366 e. The van der Waals surface area contributed by atoms with Gasteiger partial charge in [-0.15, -0.1) is 0 Å². The number of amidine groups is 1. The summed E-state index contributed by atoms with van der Waals surface area (Å²) in [4.78, 5) is 4.50. The molecule has 1 heterocycles. The van der Waals surface area contributed by atoms with Crippen LogP contribution >= 0.6 is 0 Å². The van der Waals surface area contributed by atoms with Crippen LogP contribution in [0.25, 0.3) is 10.8 Å². The highest BCUT2D eigenvalue weighted by Gasteiger charge is 2.13. The number of nitrogens with one attached hydrogen (secondary N) is 1. The summed E-state index contributed by atoms with van der Waals surface area (Å²) in [6.45, 7) is 3.03. The van der Waals surface area contributed by atoms with Gasteiger partial charge in [0.25, 0.3) is 0 Å². The van der Waals surface area contributed by atoms with Gasteiger partial charge in [0.2, 0.25) is 0 Å². The zero-order chi connectivity index (χ0) is 11.0. The molecule has 0 amide bonds. The Morgan fingerprint density at radius 2 is 1.94 bits per heavy atom. The molecule has 1 aliphatic heterocycles. The number of benzene rings is 2. The van der Waals surface area contributed by atoms with Crippen molar-refractivity contribution in [2.75, 3.05) is 6.54 Å². The molecule has 80 valence electrons. The molecule has 16 heavy (non-hydrogen) atoms. The number of nitrogens with zero attached hydrogens (tertiary/aromatic N) is 1. The Hall–Kier alpha value is -1.83. The molecule has 0 saturated heterocycles. The number of hydrogen-bond acceptors (Lipinski definition) is 2. The lowest BCUT2D eigenvalue weighted by Gasteiger charge is -2.07. The SMILES string of the molecule is CC1CN=C(c2ccc3ccccc3c2)N1. The van der Waals surface area contributed by atoms with Crippen molar-refractivity contribution in [3.8, 4) is 0 Å². The minimum Gasteiger partial charge on any atom is -0.366 e. The van der Waals surface area contributed by atoms with Crippen molar-refractivity contribution in [1.29, 1.82) is 0 Å². The molecule has 0 bridgehead atoms. The van der Waals surface area contributed by atoms with Gasteiger partial charge in [-0.25, -0.2) is 0 Å². The molecule has 0 fully saturated rings. The molecule has 1 atom stereocenters. The van der Waals surface area contributed by atoms with Crippen molar-refractivity contribution in [3.63, 3.8) is 0 Å². The van der Waals surface area contributed by atoms with Crippen LogP contribution < -0.4 is 5.32 Å². The Morgan fingerprint density at radius 3 is 2.69 bits per heavy atom. The fraction of sp³-hybridized carbons (Fsp3) is 0.214. The molecule has 1 unspecified atom stereocenters. The first-order valence-corrected chi connectivity index (χ1v) is 5.63. The van der Waals surface area contributed by atoms with Gasteiger partial charge in [-0.05, 0) is 23.8 Å². The van der Waals surface area contributed by atoms with Crippen LogP contribution in [0.2, 0.25) is 0 Å². The van der Waals surface area contributed by atoms with Crippen molar-refractivity contribution < 1.29 is 0 Å². The Kier molecular flexibility index (Phi) is 2.13. The molecule has 2 heteroatoms. The zero-order valence-electron chi connectivity index (χ0n) is 9.27. The van der Waals surface area contributed by atoms with E-state index in [1.165, 1.54) is 16.3 Å². The highest BCUT2D eigenvalue weighted by atomic mass is 15.1. The summed E-state index contributed by atoms with van der Waals surface area (Å²) in [5, 5.41) is 5.93. The van der Waals surface area contributed by atoms with Crippen LogP contribution in [0.3, 0.4) is 0 Å². The second-order valence-electron chi connectivity index (χ2n) is 4.30. The second-order valence-corrected chi connectivity index (χ2v) is 4.30. The maximum absolute atomic E-state index is 4.50. The summed E-state index contributed by atoms with van der Waals surface area (Å²) in [6.07, 6.45) is 0. The minimum absolute atomic E-state index is 0.460. The van der Waals surface area contributed by atoms with Crippen molar-refractivity contribution in [3.05, 3.63) is 48.0 Å². The fourth-order valence-electron chi connectivity index (χ4n) is 2.06. The lowest BCUT2D eigenvalue weighted by atomic mass is 10.1. The molecule has 0 saturated carbocycles. The molecule has 2 aromatic rings. The Balaban J connectivity index is 2.05. The maximum Gasteiger partial charge on any atom is 0.128 e. The highest BCUT2D eigenvalue weighted by Crippen LogP contribution is 2.16. The van der Waals surface area contributed by atoms with E-state index in [-0.39, 0.29) is 0 Å². The van der Waals surface area contributed by atoms with Crippen molar-refractivity contribution >= 4 is 16.6 Å². The smallest absolute Gasteiger partial charge is 0.128 e. The van der Waals surface area contributed by atoms with Crippen molar-refractivity contribution in [1.82, 2.24) is 5.32 Å². The first kappa shape index (κ1) is 9.40. The van der Waals surface area contributed by atoms with Gasteiger partial charge >= 0.3 is 0 Å². The number of hydrogen-bond donors (Lipinski definition) is 1. The van der Waals surface area contributed by atoms with E-state index < -0.39 is 0 Å². The zero-order valence-corrected chi connectivity index (χ0v) is 9.27. The number of rotatable bonds is 1. The van der Waals surface area contributed by atoms with E-state index in [4.69, 9.17) is 0 Å². The average Bonchev–Trinajstić information content (AvgIpc) is 2.75. The van der Waals surface area contributed by atoms with E-state index in [0.29, 0.717) is 6.04 Å². The Bertz CT molecular complexity index is 557. The van der Waals surface area contributed by atoms with E-state index in [1.807, 2.05) is 0 Å². The van der Waals surface area contributed by atoms with E-state index in [0.717, 1.165) is 12.4 Å². The standard InChI is InChI=1S/C14H14N2/c1-10-9-15-14(16-10)13-7-6-11-4-2-3-5-12(11)8-13/h2-8,10H,9H2,1H3,(H,15,16). The molecule has 1 N–H and O–H groups in total. The molecule has 0 radical (unpaired) electrons. The Labute approximate surface area is 95.0 Å². The molecule has 2 aromatic carbocycles. The predicted molar refractivity (Wildman–Crippen MR) is 67.9 cm³/mol.